The van der Waals surface area contributed by atoms with E-state index in [9.17, 15) is 9.18 Å². The molecule has 0 bridgehead atoms. The zero-order valence-electron chi connectivity index (χ0n) is 24.7. The topological polar surface area (TPSA) is 70.1 Å². The number of piperazine rings is 1. The number of nitrogens with zero attached hydrogens (tertiary/aromatic N) is 4. The number of allylic oxidation sites excluding steroid dienone is 6. The summed E-state index contributed by atoms with van der Waals surface area (Å²) in [7, 11) is 2.07. The summed E-state index contributed by atoms with van der Waals surface area (Å²) in [5.74, 6) is -0.135. The fraction of sp³-hybridized carbons (Fsp3) is 0.483. The maximum atomic E-state index is 13.9. The van der Waals surface area contributed by atoms with Gasteiger partial charge in [0.2, 0.25) is 6.41 Å². The van der Waals surface area contributed by atoms with Crippen molar-refractivity contribution >= 4 is 34.7 Å². The predicted molar refractivity (Wildman–Crippen MR) is 164 cm³/mol. The first-order valence-electron chi connectivity index (χ1n) is 13.3. The molecule has 0 aliphatic carbocycles. The lowest BCUT2D eigenvalue weighted by atomic mass is 10.3. The minimum atomic E-state index is -0.371. The van der Waals surface area contributed by atoms with Crippen LogP contribution in [0, 0.1) is 0 Å². The molecule has 1 amide bonds. The average molecular weight is 586 g/mol. The molecule has 40 heavy (non-hydrogen) atoms. The molecule has 2 heterocycles. The minimum absolute atomic E-state index is 0.236. The number of likely N-dealkylation sites (N-methyl/N-ethyl adjacent to an activating group) is 1. The first-order chi connectivity index (χ1) is 19.4. The van der Waals surface area contributed by atoms with Crippen LogP contribution in [-0.2, 0) is 9.53 Å². The molecular weight excluding hydrogens is 539 g/mol. The van der Waals surface area contributed by atoms with Crippen molar-refractivity contribution in [2.75, 3.05) is 45.2 Å². The van der Waals surface area contributed by atoms with E-state index in [1.54, 1.807) is 42.6 Å². The van der Waals surface area contributed by atoms with E-state index < -0.39 is 0 Å². The van der Waals surface area contributed by atoms with Gasteiger partial charge in [-0.05, 0) is 45.5 Å². The fourth-order valence-electron chi connectivity index (χ4n) is 2.83. The Morgan fingerprint density at radius 3 is 2.48 bits per heavy atom. The SMILES string of the molecule is C=C(C=N/C=C\C)c1csc(N/C=C/C=C(OCCCCC)\C(F)=C/C)n1.CC.CN1CCN(C=O)CC1.FF. The third-order valence-electron chi connectivity index (χ3n) is 5.03. The zero-order valence-corrected chi connectivity index (χ0v) is 25.5. The number of carbonyl (C=O) groups excluding carboxylic acids is 1. The number of aromatic nitrogens is 1. The van der Waals surface area contributed by atoms with Crippen molar-refractivity contribution in [2.24, 2.45) is 4.99 Å². The van der Waals surface area contributed by atoms with Crippen LogP contribution in [-0.4, -0.2) is 67.2 Å². The molecule has 1 aromatic rings. The molecule has 0 atom stereocenters. The number of amides is 1. The molecule has 1 N–H and O–H groups in total. The van der Waals surface area contributed by atoms with Gasteiger partial charge in [-0.3, -0.25) is 9.79 Å². The molecule has 0 aromatic carbocycles. The van der Waals surface area contributed by atoms with Crippen molar-refractivity contribution in [3.63, 3.8) is 0 Å². The van der Waals surface area contributed by atoms with Crippen LogP contribution < -0.4 is 5.32 Å². The number of hydrogen-bond donors (Lipinski definition) is 1. The van der Waals surface area contributed by atoms with Crippen molar-refractivity contribution < 1.29 is 23.1 Å². The Morgan fingerprint density at radius 1 is 1.23 bits per heavy atom. The summed E-state index contributed by atoms with van der Waals surface area (Å²) in [6, 6.07) is 0. The Morgan fingerprint density at radius 2 is 1.90 bits per heavy atom. The van der Waals surface area contributed by atoms with Crippen LogP contribution in [0.1, 0.15) is 59.6 Å². The molecule has 1 aliphatic heterocycles. The van der Waals surface area contributed by atoms with E-state index in [4.69, 9.17) is 13.9 Å². The first-order valence-corrected chi connectivity index (χ1v) is 14.2. The van der Waals surface area contributed by atoms with Crippen LogP contribution in [0.2, 0.25) is 0 Å². The fourth-order valence-corrected chi connectivity index (χ4v) is 3.54. The molecule has 1 aliphatic rings. The number of nitrogens with one attached hydrogen (secondary N) is 1. The molecule has 0 unspecified atom stereocenters. The van der Waals surface area contributed by atoms with E-state index >= 15 is 0 Å². The second kappa shape index (κ2) is 27.4. The lowest BCUT2D eigenvalue weighted by Gasteiger charge is -2.29. The van der Waals surface area contributed by atoms with Crippen LogP contribution in [0.3, 0.4) is 0 Å². The van der Waals surface area contributed by atoms with E-state index in [0.717, 1.165) is 63.1 Å². The number of hydrogen-bond acceptors (Lipinski definition) is 7. The van der Waals surface area contributed by atoms with Gasteiger partial charge in [-0.2, -0.15) is 0 Å². The van der Waals surface area contributed by atoms with Gasteiger partial charge in [0.15, 0.2) is 16.7 Å². The molecular formula is C29H46F3N5O2S. The molecule has 226 valence electrons. The molecule has 0 spiro atoms. The Balaban J connectivity index is 0. The van der Waals surface area contributed by atoms with Gasteiger partial charge in [0.1, 0.15) is 0 Å². The van der Waals surface area contributed by atoms with Gasteiger partial charge >= 0.3 is 0 Å². The lowest BCUT2D eigenvalue weighted by molar-refractivity contribution is -0.119. The third kappa shape index (κ3) is 19.0. The monoisotopic (exact) mass is 585 g/mol. The Hall–Kier alpha value is -3.18. The van der Waals surface area contributed by atoms with Gasteiger partial charge in [0.25, 0.3) is 0 Å². The number of carbonyl (C=O) groups is 1. The lowest BCUT2D eigenvalue weighted by Crippen LogP contribution is -2.43. The van der Waals surface area contributed by atoms with Crippen molar-refractivity contribution in [3.05, 3.63) is 65.9 Å². The summed E-state index contributed by atoms with van der Waals surface area (Å²) < 4.78 is 35.4. The van der Waals surface area contributed by atoms with Gasteiger partial charge < -0.3 is 19.9 Å². The number of anilines is 1. The van der Waals surface area contributed by atoms with Gasteiger partial charge in [0.05, 0.1) is 12.3 Å². The van der Waals surface area contributed by atoms with Crippen LogP contribution >= 0.6 is 11.3 Å². The number of ether oxygens (including phenoxy) is 1. The van der Waals surface area contributed by atoms with Crippen molar-refractivity contribution in [1.29, 1.82) is 0 Å². The summed E-state index contributed by atoms with van der Waals surface area (Å²) in [5, 5.41) is 5.68. The van der Waals surface area contributed by atoms with Gasteiger partial charge in [-0.25, -0.2) is 9.37 Å². The number of aliphatic imine (C=N–C) groups is 1. The predicted octanol–water partition coefficient (Wildman–Crippen LogP) is 7.91. The van der Waals surface area contributed by atoms with Crippen molar-refractivity contribution in [2.45, 2.75) is 53.9 Å². The van der Waals surface area contributed by atoms with Crippen LogP contribution in [0.25, 0.3) is 5.57 Å². The summed E-state index contributed by atoms with van der Waals surface area (Å²) in [6.45, 7) is 17.9. The normalized spacial score (nSPS) is 14.2. The zero-order chi connectivity index (χ0) is 30.6. The standard InChI is InChI=1S/C21H28FN3OS.C6H12N2O.C2H6.F2/c1-5-8-9-14-26-20(18(22)7-3)11-10-13-24-21-25-19(16-27-21)17(4)15-23-12-6-2;1-7-2-4-8(6-9)5-3-7;2*1-2/h6-7,10-13,15-16H,4-5,8-9,14H2,1-3H3,(H,24,25);6H,2-5H2,1H3;1-2H3;/b12-6-,13-10+,18-7+,20-11+,23-15?;;;. The van der Waals surface area contributed by atoms with E-state index in [2.05, 4.69) is 40.7 Å². The van der Waals surface area contributed by atoms with Gasteiger partial charge in [-0.15, -0.1) is 11.3 Å². The van der Waals surface area contributed by atoms with Gasteiger partial charge in [-0.1, -0.05) is 46.3 Å². The van der Waals surface area contributed by atoms with E-state index in [-0.39, 0.29) is 11.6 Å². The summed E-state index contributed by atoms with van der Waals surface area (Å²) in [5.41, 5.74) is 1.50. The second-order valence-electron chi connectivity index (χ2n) is 7.99. The Labute approximate surface area is 242 Å². The minimum Gasteiger partial charge on any atom is -0.491 e. The first kappa shape index (κ1) is 39.0. The molecule has 0 radical (unpaired) electrons. The van der Waals surface area contributed by atoms with Crippen LogP contribution in [0.5, 0.6) is 0 Å². The molecule has 1 saturated heterocycles. The second-order valence-corrected chi connectivity index (χ2v) is 8.85. The number of halogens is 3. The van der Waals surface area contributed by atoms with E-state index in [1.807, 2.05) is 32.2 Å². The van der Waals surface area contributed by atoms with Crippen LogP contribution in [0.4, 0.5) is 18.7 Å². The molecule has 1 fully saturated rings. The highest BCUT2D eigenvalue weighted by Crippen LogP contribution is 2.20. The Bertz CT molecular complexity index is 938. The summed E-state index contributed by atoms with van der Waals surface area (Å²) >= 11 is 1.45. The van der Waals surface area contributed by atoms with Crippen molar-refractivity contribution in [1.82, 2.24) is 14.8 Å². The van der Waals surface area contributed by atoms with Gasteiger partial charge in [0, 0.05) is 64.9 Å². The Kier molecular flexibility index (Phi) is 26.7. The van der Waals surface area contributed by atoms with E-state index in [0.29, 0.717) is 11.7 Å². The van der Waals surface area contributed by atoms with E-state index in [1.165, 1.54) is 17.4 Å². The summed E-state index contributed by atoms with van der Waals surface area (Å²) in [6.07, 6.45) is 15.6. The molecule has 7 nitrogen and oxygen atoms in total. The van der Waals surface area contributed by atoms with Crippen molar-refractivity contribution in [3.8, 4) is 0 Å². The third-order valence-corrected chi connectivity index (χ3v) is 5.80. The number of rotatable bonds is 13. The highest BCUT2D eigenvalue weighted by molar-refractivity contribution is 7.13. The molecule has 2 rings (SSSR count). The number of unbranched alkanes of at least 4 members (excludes halogenated alkanes) is 2. The maximum absolute atomic E-state index is 13.9. The maximum Gasteiger partial charge on any atom is 0.209 e. The molecule has 1 aromatic heterocycles. The largest absolute Gasteiger partial charge is 0.491 e. The highest BCUT2D eigenvalue weighted by atomic mass is 32.1. The van der Waals surface area contributed by atoms with Crippen LogP contribution in [0.15, 0.2) is 65.2 Å². The molecule has 0 saturated carbocycles. The highest BCUT2D eigenvalue weighted by Gasteiger charge is 2.10. The average Bonchev–Trinajstić information content (AvgIpc) is 3.48. The summed E-state index contributed by atoms with van der Waals surface area (Å²) in [4.78, 5) is 22.7. The smallest absolute Gasteiger partial charge is 0.209 e. The molecule has 11 heteroatoms. The quantitative estimate of drug-likeness (QED) is 0.0838. The number of thiazole rings is 1.